The summed E-state index contributed by atoms with van der Waals surface area (Å²) in [7, 11) is 0. The van der Waals surface area contributed by atoms with Crippen LogP contribution in [0.2, 0.25) is 0 Å². The topological polar surface area (TPSA) is 92.7 Å². The fraction of sp³-hybridized carbons (Fsp3) is 0.273. The standard InChI is InChI=1S/C22H23N5O2/c1-13-10-16(21-18(11-13)14(2)15(3)24-21)12-23-20(28)8-9-27-22(29)17-6-4-5-7-19(17)25-26-27/h4-7,10-11,24H,8-9,12H2,1-3H3,(H,23,28). The Hall–Kier alpha value is -3.48. The fourth-order valence-electron chi connectivity index (χ4n) is 3.59. The molecule has 0 aliphatic heterocycles. The Morgan fingerprint density at radius 1 is 1.14 bits per heavy atom. The Morgan fingerprint density at radius 3 is 2.76 bits per heavy atom. The van der Waals surface area contributed by atoms with Gasteiger partial charge in [0, 0.05) is 24.0 Å². The number of amides is 1. The average molecular weight is 389 g/mol. The van der Waals surface area contributed by atoms with Crippen LogP contribution in [0.1, 0.15) is 28.8 Å². The van der Waals surface area contributed by atoms with E-state index in [0.717, 1.165) is 22.3 Å². The van der Waals surface area contributed by atoms with Gasteiger partial charge in [0.1, 0.15) is 5.52 Å². The summed E-state index contributed by atoms with van der Waals surface area (Å²) in [6.07, 6.45) is 0.157. The Labute approximate surface area is 167 Å². The van der Waals surface area contributed by atoms with Crippen LogP contribution in [0.5, 0.6) is 0 Å². The Balaban J connectivity index is 1.45. The van der Waals surface area contributed by atoms with E-state index in [1.54, 1.807) is 18.2 Å². The van der Waals surface area contributed by atoms with Crippen LogP contribution in [0, 0.1) is 20.8 Å². The van der Waals surface area contributed by atoms with Crippen LogP contribution >= 0.6 is 0 Å². The number of carbonyl (C=O) groups excluding carboxylic acids is 1. The van der Waals surface area contributed by atoms with Crippen molar-refractivity contribution in [1.82, 2.24) is 25.3 Å². The molecular weight excluding hydrogens is 366 g/mol. The van der Waals surface area contributed by atoms with Gasteiger partial charge >= 0.3 is 0 Å². The summed E-state index contributed by atoms with van der Waals surface area (Å²) in [5, 5.41) is 12.6. The monoisotopic (exact) mass is 389 g/mol. The lowest BCUT2D eigenvalue weighted by Crippen LogP contribution is -2.29. The highest BCUT2D eigenvalue weighted by atomic mass is 16.2. The van der Waals surface area contributed by atoms with Crippen molar-refractivity contribution >= 4 is 27.7 Å². The first-order chi connectivity index (χ1) is 13.9. The van der Waals surface area contributed by atoms with E-state index in [4.69, 9.17) is 0 Å². The van der Waals surface area contributed by atoms with Gasteiger partial charge in [0.25, 0.3) is 5.56 Å². The predicted octanol–water partition coefficient (Wildman–Crippen LogP) is 2.90. The van der Waals surface area contributed by atoms with Gasteiger partial charge in [-0.3, -0.25) is 9.59 Å². The molecule has 0 fully saturated rings. The highest BCUT2D eigenvalue weighted by Gasteiger charge is 2.11. The van der Waals surface area contributed by atoms with Gasteiger partial charge in [-0.1, -0.05) is 29.0 Å². The zero-order valence-corrected chi connectivity index (χ0v) is 16.7. The van der Waals surface area contributed by atoms with E-state index in [1.807, 2.05) is 6.07 Å². The van der Waals surface area contributed by atoms with Crippen LogP contribution in [0.3, 0.4) is 0 Å². The number of benzene rings is 2. The predicted molar refractivity (Wildman–Crippen MR) is 113 cm³/mol. The molecule has 4 rings (SSSR count). The normalized spacial score (nSPS) is 11.3. The number of aromatic amines is 1. The molecule has 7 nitrogen and oxygen atoms in total. The van der Waals surface area contributed by atoms with E-state index in [-0.39, 0.29) is 24.4 Å². The van der Waals surface area contributed by atoms with Crippen LogP contribution in [-0.4, -0.2) is 25.9 Å². The number of hydrogen-bond donors (Lipinski definition) is 2. The van der Waals surface area contributed by atoms with Crippen LogP contribution < -0.4 is 10.9 Å². The van der Waals surface area contributed by atoms with Crippen molar-refractivity contribution in [2.45, 2.75) is 40.3 Å². The van der Waals surface area contributed by atoms with Gasteiger partial charge in [0.15, 0.2) is 0 Å². The van der Waals surface area contributed by atoms with Crippen molar-refractivity contribution in [1.29, 1.82) is 0 Å². The average Bonchev–Trinajstić information content (AvgIpc) is 3.00. The number of fused-ring (bicyclic) bond motifs is 2. The minimum Gasteiger partial charge on any atom is -0.358 e. The molecule has 29 heavy (non-hydrogen) atoms. The number of carbonyl (C=O) groups is 1. The number of aryl methyl sites for hydroxylation is 4. The molecular formula is C22H23N5O2. The first-order valence-electron chi connectivity index (χ1n) is 9.61. The first kappa shape index (κ1) is 18.9. The van der Waals surface area contributed by atoms with Crippen molar-refractivity contribution in [2.75, 3.05) is 0 Å². The molecule has 4 aromatic rings. The van der Waals surface area contributed by atoms with Gasteiger partial charge < -0.3 is 10.3 Å². The van der Waals surface area contributed by atoms with Crippen LogP contribution in [0.4, 0.5) is 0 Å². The number of nitrogens with zero attached hydrogens (tertiary/aromatic N) is 3. The highest BCUT2D eigenvalue weighted by Crippen LogP contribution is 2.26. The molecule has 0 radical (unpaired) electrons. The number of H-pyrrole nitrogens is 1. The molecule has 7 heteroatoms. The van der Waals surface area contributed by atoms with E-state index in [0.29, 0.717) is 17.4 Å². The molecule has 2 N–H and O–H groups in total. The summed E-state index contributed by atoms with van der Waals surface area (Å²) in [5.41, 5.74) is 5.94. The van der Waals surface area contributed by atoms with E-state index in [2.05, 4.69) is 53.5 Å². The molecule has 0 saturated heterocycles. The number of aromatic nitrogens is 4. The SMILES string of the molecule is Cc1cc(CNC(=O)CCn2nnc3ccccc3c2=O)c2[nH]c(C)c(C)c2c1. The molecule has 2 heterocycles. The van der Waals surface area contributed by atoms with Crippen LogP contribution in [0.25, 0.3) is 21.8 Å². The Bertz CT molecular complexity index is 1290. The van der Waals surface area contributed by atoms with Gasteiger partial charge in [-0.15, -0.1) is 5.10 Å². The van der Waals surface area contributed by atoms with Crippen molar-refractivity contribution in [3.05, 3.63) is 69.1 Å². The van der Waals surface area contributed by atoms with E-state index >= 15 is 0 Å². The number of hydrogen-bond acceptors (Lipinski definition) is 4. The quantitative estimate of drug-likeness (QED) is 0.549. The number of rotatable bonds is 5. The first-order valence-corrected chi connectivity index (χ1v) is 9.61. The molecule has 2 aromatic carbocycles. The molecule has 0 spiro atoms. The third-order valence-electron chi connectivity index (χ3n) is 5.30. The van der Waals surface area contributed by atoms with Crippen LogP contribution in [0.15, 0.2) is 41.2 Å². The van der Waals surface area contributed by atoms with Crippen molar-refractivity contribution in [2.24, 2.45) is 0 Å². The van der Waals surface area contributed by atoms with Gasteiger partial charge in [-0.05, 0) is 50.1 Å². The van der Waals surface area contributed by atoms with Gasteiger partial charge in [-0.25, -0.2) is 4.68 Å². The lowest BCUT2D eigenvalue weighted by atomic mass is 10.0. The second-order valence-electron chi connectivity index (χ2n) is 7.38. The zero-order chi connectivity index (χ0) is 20.5. The highest BCUT2D eigenvalue weighted by molar-refractivity contribution is 5.88. The summed E-state index contributed by atoms with van der Waals surface area (Å²) < 4.78 is 1.24. The largest absolute Gasteiger partial charge is 0.358 e. The molecule has 0 aliphatic carbocycles. The molecule has 0 bridgehead atoms. The minimum atomic E-state index is -0.235. The maximum absolute atomic E-state index is 12.5. The number of nitrogens with one attached hydrogen (secondary N) is 2. The summed E-state index contributed by atoms with van der Waals surface area (Å²) >= 11 is 0. The zero-order valence-electron chi connectivity index (χ0n) is 16.7. The molecule has 1 amide bonds. The fourth-order valence-corrected chi connectivity index (χ4v) is 3.59. The Morgan fingerprint density at radius 2 is 1.93 bits per heavy atom. The van der Waals surface area contributed by atoms with Crippen LogP contribution in [-0.2, 0) is 17.9 Å². The maximum Gasteiger partial charge on any atom is 0.277 e. The second-order valence-corrected chi connectivity index (χ2v) is 7.38. The molecule has 148 valence electrons. The van der Waals surface area contributed by atoms with Crippen molar-refractivity contribution in [3.63, 3.8) is 0 Å². The van der Waals surface area contributed by atoms with Gasteiger partial charge in [0.05, 0.1) is 17.4 Å². The lowest BCUT2D eigenvalue weighted by molar-refractivity contribution is -0.121. The van der Waals surface area contributed by atoms with Crippen molar-refractivity contribution in [3.8, 4) is 0 Å². The van der Waals surface area contributed by atoms with Crippen molar-refractivity contribution < 1.29 is 4.79 Å². The Kier molecular flexibility index (Phi) is 4.88. The third-order valence-corrected chi connectivity index (χ3v) is 5.30. The second kappa shape index (κ2) is 7.50. The summed E-state index contributed by atoms with van der Waals surface area (Å²) in [4.78, 5) is 28.2. The lowest BCUT2D eigenvalue weighted by Gasteiger charge is -2.09. The third kappa shape index (κ3) is 3.63. The van der Waals surface area contributed by atoms with Gasteiger partial charge in [0.2, 0.25) is 5.91 Å². The van der Waals surface area contributed by atoms with E-state index < -0.39 is 0 Å². The molecule has 0 saturated carbocycles. The van der Waals surface area contributed by atoms with E-state index in [1.165, 1.54) is 15.6 Å². The maximum atomic E-state index is 12.5. The molecule has 0 unspecified atom stereocenters. The molecule has 2 aromatic heterocycles. The molecule has 0 atom stereocenters. The molecule has 0 aliphatic rings. The summed E-state index contributed by atoms with van der Waals surface area (Å²) in [6.45, 7) is 6.81. The van der Waals surface area contributed by atoms with E-state index in [9.17, 15) is 9.59 Å². The smallest absolute Gasteiger partial charge is 0.277 e. The minimum absolute atomic E-state index is 0.137. The summed E-state index contributed by atoms with van der Waals surface area (Å²) in [6, 6.07) is 11.3. The summed E-state index contributed by atoms with van der Waals surface area (Å²) in [5.74, 6) is -0.137. The van der Waals surface area contributed by atoms with Gasteiger partial charge in [-0.2, -0.15) is 0 Å².